The number of imidazole rings is 1. The molecule has 0 unspecified atom stereocenters. The van der Waals surface area contributed by atoms with E-state index in [9.17, 15) is 9.59 Å². The van der Waals surface area contributed by atoms with Crippen LogP contribution in [0.25, 0.3) is 11.0 Å². The molecule has 138 valence electrons. The first-order valence-electron chi connectivity index (χ1n) is 8.04. The minimum Gasteiger partial charge on any atom is -0.494 e. The number of benzene rings is 1. The summed E-state index contributed by atoms with van der Waals surface area (Å²) in [6, 6.07) is 3.05. The highest BCUT2D eigenvalue weighted by Gasteiger charge is 2.15. The van der Waals surface area contributed by atoms with Crippen LogP contribution in [0.5, 0.6) is 5.75 Å². The van der Waals surface area contributed by atoms with Gasteiger partial charge in [0, 0.05) is 20.2 Å². The quantitative estimate of drug-likeness (QED) is 0.704. The normalized spacial score (nSPS) is 10.9. The molecule has 0 radical (unpaired) electrons. The third-order valence-electron chi connectivity index (χ3n) is 4.05. The van der Waals surface area contributed by atoms with Crippen LogP contribution in [0.15, 0.2) is 16.9 Å². The van der Waals surface area contributed by atoms with E-state index < -0.39 is 6.03 Å². The van der Waals surface area contributed by atoms with Crippen LogP contribution in [0.2, 0.25) is 0 Å². The van der Waals surface area contributed by atoms with E-state index in [1.807, 2.05) is 6.92 Å². The molecule has 0 saturated heterocycles. The number of amides is 2. The van der Waals surface area contributed by atoms with Crippen LogP contribution in [-0.2, 0) is 27.1 Å². The van der Waals surface area contributed by atoms with E-state index in [0.29, 0.717) is 17.0 Å². The largest absolute Gasteiger partial charge is 0.494 e. The minimum absolute atomic E-state index is 0.147. The first-order chi connectivity index (χ1) is 12.4. The Hall–Kier alpha value is -2.88. The van der Waals surface area contributed by atoms with Gasteiger partial charge in [-0.15, -0.1) is 10.2 Å². The number of hydrogen-bond donors (Lipinski definition) is 2. The number of nitrogens with one attached hydrogen (secondary N) is 2. The average molecular weight is 376 g/mol. The monoisotopic (exact) mass is 376 g/mol. The Kier molecular flexibility index (Phi) is 4.94. The molecule has 2 amide bonds. The van der Waals surface area contributed by atoms with Gasteiger partial charge in [-0.25, -0.2) is 9.59 Å². The molecule has 0 fully saturated rings. The number of methoxy groups -OCH3 is 1. The van der Waals surface area contributed by atoms with Crippen LogP contribution in [0.4, 0.5) is 10.5 Å². The van der Waals surface area contributed by atoms with E-state index in [1.165, 1.54) is 27.6 Å². The van der Waals surface area contributed by atoms with Gasteiger partial charge in [0.25, 0.3) is 0 Å². The third-order valence-corrected chi connectivity index (χ3v) is 5.12. The fourth-order valence-electron chi connectivity index (χ4n) is 2.62. The van der Waals surface area contributed by atoms with Crippen molar-refractivity contribution in [2.24, 2.45) is 14.1 Å². The number of carbonyl (C=O) groups is 1. The van der Waals surface area contributed by atoms with E-state index in [-0.39, 0.29) is 12.2 Å². The van der Waals surface area contributed by atoms with Crippen LogP contribution < -0.4 is 21.1 Å². The lowest BCUT2D eigenvalue weighted by molar-refractivity contribution is 0.251. The predicted molar refractivity (Wildman–Crippen MR) is 99.9 cm³/mol. The Morgan fingerprint density at radius 2 is 1.85 bits per heavy atom. The second kappa shape index (κ2) is 7.16. The number of carbonyl (C=O) groups excluding carboxylic acids is 1. The van der Waals surface area contributed by atoms with Crippen molar-refractivity contribution in [1.29, 1.82) is 0 Å². The molecule has 0 aliphatic rings. The van der Waals surface area contributed by atoms with Gasteiger partial charge in [-0.1, -0.05) is 18.3 Å². The van der Waals surface area contributed by atoms with Crippen LogP contribution in [0.3, 0.4) is 0 Å². The van der Waals surface area contributed by atoms with Crippen LogP contribution in [-0.4, -0.2) is 32.5 Å². The topological polar surface area (TPSA) is 103 Å². The van der Waals surface area contributed by atoms with Gasteiger partial charge in [0.15, 0.2) is 0 Å². The van der Waals surface area contributed by atoms with Crippen molar-refractivity contribution in [2.75, 3.05) is 12.4 Å². The molecule has 2 N–H and O–H groups in total. The first kappa shape index (κ1) is 17.9. The molecule has 0 atom stereocenters. The van der Waals surface area contributed by atoms with Gasteiger partial charge in [-0.05, 0) is 12.5 Å². The van der Waals surface area contributed by atoms with Gasteiger partial charge in [0.2, 0.25) is 0 Å². The number of anilines is 1. The highest BCUT2D eigenvalue weighted by Crippen LogP contribution is 2.29. The van der Waals surface area contributed by atoms with Crippen molar-refractivity contribution < 1.29 is 9.53 Å². The number of urea groups is 1. The number of rotatable bonds is 5. The van der Waals surface area contributed by atoms with E-state index in [0.717, 1.165) is 22.0 Å². The molecule has 2 aromatic heterocycles. The molecular weight excluding hydrogens is 356 g/mol. The number of hydrogen-bond acceptors (Lipinski definition) is 6. The zero-order valence-corrected chi connectivity index (χ0v) is 15.8. The Labute approximate surface area is 153 Å². The average Bonchev–Trinajstić information content (AvgIpc) is 3.19. The molecule has 0 aliphatic carbocycles. The first-order valence-corrected chi connectivity index (χ1v) is 8.85. The van der Waals surface area contributed by atoms with Crippen molar-refractivity contribution in [3.63, 3.8) is 0 Å². The molecule has 26 heavy (non-hydrogen) atoms. The Morgan fingerprint density at radius 1 is 1.19 bits per heavy atom. The molecule has 3 rings (SSSR count). The van der Waals surface area contributed by atoms with E-state index in [4.69, 9.17) is 4.74 Å². The van der Waals surface area contributed by atoms with Gasteiger partial charge in [-0.3, -0.25) is 9.13 Å². The van der Waals surface area contributed by atoms with Gasteiger partial charge in [0.1, 0.15) is 15.8 Å². The summed E-state index contributed by atoms with van der Waals surface area (Å²) in [7, 11) is 4.89. The molecule has 10 heteroatoms. The summed E-state index contributed by atoms with van der Waals surface area (Å²) in [6.07, 6.45) is 0.816. The van der Waals surface area contributed by atoms with Crippen LogP contribution in [0, 0.1) is 0 Å². The van der Waals surface area contributed by atoms with Gasteiger partial charge in [0.05, 0.1) is 30.4 Å². The molecule has 3 aromatic rings. The smallest absolute Gasteiger partial charge is 0.328 e. The summed E-state index contributed by atoms with van der Waals surface area (Å²) in [6.45, 7) is 2.29. The fraction of sp³-hybridized carbons (Fsp3) is 0.375. The Bertz CT molecular complexity index is 1020. The van der Waals surface area contributed by atoms with Gasteiger partial charge < -0.3 is 15.4 Å². The van der Waals surface area contributed by atoms with Crippen LogP contribution in [0.1, 0.15) is 16.9 Å². The predicted octanol–water partition coefficient (Wildman–Crippen LogP) is 1.62. The SMILES string of the molecule is CCc1nnc(CNC(=O)Nc2cc3c(cc2OC)n(C)c(=O)n3C)s1. The van der Waals surface area contributed by atoms with E-state index in [1.54, 1.807) is 26.2 Å². The van der Waals surface area contributed by atoms with Crippen molar-refractivity contribution in [3.05, 3.63) is 32.6 Å². The summed E-state index contributed by atoms with van der Waals surface area (Å²) in [5.74, 6) is 0.470. The molecule has 9 nitrogen and oxygen atoms in total. The Balaban J connectivity index is 1.79. The molecule has 0 spiro atoms. The summed E-state index contributed by atoms with van der Waals surface area (Å²) in [5.41, 5.74) is 1.75. The second-order valence-electron chi connectivity index (χ2n) is 5.69. The standard InChI is InChI=1S/C16H20N6O3S/c1-5-13-19-20-14(26-13)8-17-15(23)18-9-6-10-11(7-12(9)25-4)22(3)16(24)21(10)2/h6-7H,5,8H2,1-4H3,(H2,17,18,23). The molecule has 0 saturated carbocycles. The summed E-state index contributed by atoms with van der Waals surface area (Å²) >= 11 is 1.47. The summed E-state index contributed by atoms with van der Waals surface area (Å²) < 4.78 is 8.40. The van der Waals surface area contributed by atoms with Gasteiger partial charge in [-0.2, -0.15) is 0 Å². The molecule has 0 bridgehead atoms. The zero-order valence-electron chi connectivity index (χ0n) is 15.0. The number of aryl methyl sites for hydroxylation is 3. The van der Waals surface area contributed by atoms with Gasteiger partial charge >= 0.3 is 11.7 Å². The lowest BCUT2D eigenvalue weighted by Gasteiger charge is -2.11. The maximum absolute atomic E-state index is 12.2. The lowest BCUT2D eigenvalue weighted by Crippen LogP contribution is -2.28. The van der Waals surface area contributed by atoms with E-state index in [2.05, 4.69) is 20.8 Å². The number of nitrogens with zero attached hydrogens (tertiary/aromatic N) is 4. The molecule has 0 aliphatic heterocycles. The number of ether oxygens (including phenoxy) is 1. The Morgan fingerprint density at radius 3 is 2.46 bits per heavy atom. The fourth-order valence-corrected chi connectivity index (χ4v) is 3.34. The van der Waals surface area contributed by atoms with Crippen molar-refractivity contribution in [3.8, 4) is 5.75 Å². The maximum Gasteiger partial charge on any atom is 0.328 e. The van der Waals surface area contributed by atoms with Crippen molar-refractivity contribution in [1.82, 2.24) is 24.6 Å². The highest BCUT2D eigenvalue weighted by atomic mass is 32.1. The zero-order chi connectivity index (χ0) is 18.8. The number of fused-ring (bicyclic) bond motifs is 1. The molecule has 2 heterocycles. The number of aromatic nitrogens is 4. The van der Waals surface area contributed by atoms with E-state index >= 15 is 0 Å². The minimum atomic E-state index is -0.392. The maximum atomic E-state index is 12.2. The third kappa shape index (κ3) is 3.27. The van der Waals surface area contributed by atoms with Crippen molar-refractivity contribution >= 4 is 34.1 Å². The van der Waals surface area contributed by atoms with Crippen LogP contribution >= 0.6 is 11.3 Å². The highest BCUT2D eigenvalue weighted by molar-refractivity contribution is 7.11. The lowest BCUT2D eigenvalue weighted by atomic mass is 10.2. The van der Waals surface area contributed by atoms with Crippen molar-refractivity contribution in [2.45, 2.75) is 19.9 Å². The summed E-state index contributed by atoms with van der Waals surface area (Å²) in [4.78, 5) is 24.3. The molecular formula is C16H20N6O3S. The molecule has 1 aromatic carbocycles. The second-order valence-corrected chi connectivity index (χ2v) is 6.84. The summed E-state index contributed by atoms with van der Waals surface area (Å²) in [5, 5.41) is 15.2.